The number of rotatable bonds is 5. The smallest absolute Gasteiger partial charge is 0.203 e. The van der Waals surface area contributed by atoms with Crippen molar-refractivity contribution in [1.29, 1.82) is 0 Å². The second-order valence-corrected chi connectivity index (χ2v) is 3.46. The van der Waals surface area contributed by atoms with Gasteiger partial charge in [-0.05, 0) is 6.42 Å². The fourth-order valence-corrected chi connectivity index (χ4v) is 1.74. The SMILES string of the molecule is CCCc1c(N)cc(OC)c(OC)c1OC. The van der Waals surface area contributed by atoms with E-state index in [-0.39, 0.29) is 0 Å². The summed E-state index contributed by atoms with van der Waals surface area (Å²) in [5, 5.41) is 0. The first-order chi connectivity index (χ1) is 7.69. The third kappa shape index (κ3) is 2.15. The number of anilines is 1. The number of nitrogen functional groups attached to an aromatic ring is 1. The van der Waals surface area contributed by atoms with E-state index >= 15 is 0 Å². The van der Waals surface area contributed by atoms with Crippen LogP contribution in [0.3, 0.4) is 0 Å². The number of hydrogen-bond donors (Lipinski definition) is 1. The van der Waals surface area contributed by atoms with E-state index in [2.05, 4.69) is 6.92 Å². The van der Waals surface area contributed by atoms with E-state index in [1.807, 2.05) is 0 Å². The minimum Gasteiger partial charge on any atom is -0.493 e. The Balaban J connectivity index is 3.38. The van der Waals surface area contributed by atoms with E-state index in [0.29, 0.717) is 22.9 Å². The van der Waals surface area contributed by atoms with Gasteiger partial charge in [0.2, 0.25) is 5.75 Å². The van der Waals surface area contributed by atoms with Crippen LogP contribution in [-0.4, -0.2) is 21.3 Å². The Labute approximate surface area is 96.3 Å². The zero-order chi connectivity index (χ0) is 12.1. The van der Waals surface area contributed by atoms with Gasteiger partial charge in [-0.3, -0.25) is 0 Å². The zero-order valence-corrected chi connectivity index (χ0v) is 10.3. The van der Waals surface area contributed by atoms with Crippen LogP contribution in [0.5, 0.6) is 17.2 Å². The van der Waals surface area contributed by atoms with Crippen molar-refractivity contribution in [2.24, 2.45) is 0 Å². The molecule has 0 aromatic heterocycles. The summed E-state index contributed by atoms with van der Waals surface area (Å²) >= 11 is 0. The molecule has 0 aliphatic rings. The topological polar surface area (TPSA) is 53.7 Å². The third-order valence-electron chi connectivity index (χ3n) is 2.47. The highest BCUT2D eigenvalue weighted by molar-refractivity contribution is 5.67. The molecule has 0 saturated carbocycles. The van der Waals surface area contributed by atoms with Crippen LogP contribution >= 0.6 is 0 Å². The van der Waals surface area contributed by atoms with Crippen LogP contribution in [0.1, 0.15) is 18.9 Å². The summed E-state index contributed by atoms with van der Waals surface area (Å²) in [6.07, 6.45) is 1.85. The summed E-state index contributed by atoms with van der Waals surface area (Å²) in [4.78, 5) is 0. The molecule has 0 aliphatic carbocycles. The van der Waals surface area contributed by atoms with E-state index in [4.69, 9.17) is 19.9 Å². The molecule has 4 nitrogen and oxygen atoms in total. The fourth-order valence-electron chi connectivity index (χ4n) is 1.74. The molecule has 0 aliphatic heterocycles. The summed E-state index contributed by atoms with van der Waals surface area (Å²) in [6.45, 7) is 2.09. The number of hydrogen-bond acceptors (Lipinski definition) is 4. The van der Waals surface area contributed by atoms with Crippen molar-refractivity contribution in [1.82, 2.24) is 0 Å². The Morgan fingerprint density at radius 1 is 1.06 bits per heavy atom. The van der Waals surface area contributed by atoms with Crippen molar-refractivity contribution in [2.75, 3.05) is 27.1 Å². The molecule has 0 bridgehead atoms. The first-order valence-corrected chi connectivity index (χ1v) is 5.26. The predicted octanol–water partition coefficient (Wildman–Crippen LogP) is 2.25. The van der Waals surface area contributed by atoms with Gasteiger partial charge in [0, 0.05) is 17.3 Å². The second-order valence-electron chi connectivity index (χ2n) is 3.46. The molecule has 0 fully saturated rings. The molecular formula is C12H19NO3. The molecule has 1 rings (SSSR count). The van der Waals surface area contributed by atoms with Crippen LogP contribution in [0.2, 0.25) is 0 Å². The highest BCUT2D eigenvalue weighted by Gasteiger charge is 2.18. The van der Waals surface area contributed by atoms with Crippen LogP contribution in [-0.2, 0) is 6.42 Å². The van der Waals surface area contributed by atoms with Gasteiger partial charge in [0.15, 0.2) is 11.5 Å². The van der Waals surface area contributed by atoms with Crippen LogP contribution in [0.15, 0.2) is 6.07 Å². The van der Waals surface area contributed by atoms with Crippen molar-refractivity contribution in [3.8, 4) is 17.2 Å². The first kappa shape index (κ1) is 12.5. The third-order valence-corrected chi connectivity index (χ3v) is 2.47. The number of methoxy groups -OCH3 is 3. The van der Waals surface area contributed by atoms with Crippen molar-refractivity contribution >= 4 is 5.69 Å². The minimum absolute atomic E-state index is 0.594. The predicted molar refractivity (Wildman–Crippen MR) is 64.5 cm³/mol. The number of ether oxygens (including phenoxy) is 3. The largest absolute Gasteiger partial charge is 0.493 e. The van der Waals surface area contributed by atoms with Crippen molar-refractivity contribution in [3.63, 3.8) is 0 Å². The molecule has 1 aromatic rings. The lowest BCUT2D eigenvalue weighted by atomic mass is 10.1. The molecule has 0 heterocycles. The fraction of sp³-hybridized carbons (Fsp3) is 0.500. The summed E-state index contributed by atoms with van der Waals surface area (Å²) in [5.41, 5.74) is 7.62. The molecule has 0 spiro atoms. The van der Waals surface area contributed by atoms with E-state index < -0.39 is 0 Å². The normalized spacial score (nSPS) is 10.0. The number of nitrogens with two attached hydrogens (primary N) is 1. The minimum atomic E-state index is 0.594. The van der Waals surface area contributed by atoms with Gasteiger partial charge in [-0.25, -0.2) is 0 Å². The molecule has 2 N–H and O–H groups in total. The van der Waals surface area contributed by atoms with Gasteiger partial charge in [-0.2, -0.15) is 0 Å². The molecule has 0 radical (unpaired) electrons. The quantitative estimate of drug-likeness (QED) is 0.781. The standard InChI is InChI=1S/C12H19NO3/c1-5-6-8-9(13)7-10(14-2)12(16-4)11(8)15-3/h7H,5-6,13H2,1-4H3. The Morgan fingerprint density at radius 3 is 2.12 bits per heavy atom. The molecule has 0 saturated heterocycles. The van der Waals surface area contributed by atoms with Crippen molar-refractivity contribution in [2.45, 2.75) is 19.8 Å². The molecule has 1 aromatic carbocycles. The zero-order valence-electron chi connectivity index (χ0n) is 10.3. The van der Waals surface area contributed by atoms with Crippen LogP contribution in [0.25, 0.3) is 0 Å². The molecule has 0 unspecified atom stereocenters. The van der Waals surface area contributed by atoms with Gasteiger partial charge >= 0.3 is 0 Å². The Hall–Kier alpha value is -1.58. The van der Waals surface area contributed by atoms with Gasteiger partial charge < -0.3 is 19.9 Å². The molecular weight excluding hydrogens is 206 g/mol. The van der Waals surface area contributed by atoms with Gasteiger partial charge in [0.05, 0.1) is 21.3 Å². The van der Waals surface area contributed by atoms with E-state index in [9.17, 15) is 0 Å². The Bertz CT molecular complexity index is 364. The monoisotopic (exact) mass is 225 g/mol. The van der Waals surface area contributed by atoms with Crippen molar-refractivity contribution < 1.29 is 14.2 Å². The van der Waals surface area contributed by atoms with Crippen LogP contribution < -0.4 is 19.9 Å². The Kier molecular flexibility index (Phi) is 4.28. The van der Waals surface area contributed by atoms with E-state index in [1.165, 1.54) is 0 Å². The van der Waals surface area contributed by atoms with Crippen LogP contribution in [0.4, 0.5) is 5.69 Å². The average Bonchev–Trinajstić information content (AvgIpc) is 2.30. The highest BCUT2D eigenvalue weighted by atomic mass is 16.5. The maximum Gasteiger partial charge on any atom is 0.203 e. The van der Waals surface area contributed by atoms with E-state index in [1.54, 1.807) is 27.4 Å². The summed E-state index contributed by atoms with van der Waals surface area (Å²) in [5.74, 6) is 1.86. The maximum atomic E-state index is 5.97. The lowest BCUT2D eigenvalue weighted by Gasteiger charge is -2.17. The van der Waals surface area contributed by atoms with E-state index in [0.717, 1.165) is 18.4 Å². The van der Waals surface area contributed by atoms with Gasteiger partial charge in [0.1, 0.15) is 0 Å². The summed E-state index contributed by atoms with van der Waals surface area (Å²) in [6, 6.07) is 1.77. The lowest BCUT2D eigenvalue weighted by molar-refractivity contribution is 0.322. The van der Waals surface area contributed by atoms with Gasteiger partial charge in [-0.1, -0.05) is 13.3 Å². The average molecular weight is 225 g/mol. The molecule has 0 amide bonds. The van der Waals surface area contributed by atoms with Crippen molar-refractivity contribution in [3.05, 3.63) is 11.6 Å². The maximum absolute atomic E-state index is 5.97. The molecule has 4 heteroatoms. The van der Waals surface area contributed by atoms with Crippen LogP contribution in [0, 0.1) is 0 Å². The highest BCUT2D eigenvalue weighted by Crippen LogP contribution is 2.43. The van der Waals surface area contributed by atoms with Gasteiger partial charge in [0.25, 0.3) is 0 Å². The van der Waals surface area contributed by atoms with Gasteiger partial charge in [-0.15, -0.1) is 0 Å². The summed E-state index contributed by atoms with van der Waals surface area (Å²) < 4.78 is 15.9. The Morgan fingerprint density at radius 2 is 1.69 bits per heavy atom. The first-order valence-electron chi connectivity index (χ1n) is 5.26. The second kappa shape index (κ2) is 5.49. The molecule has 90 valence electrons. The molecule has 0 atom stereocenters. The molecule has 16 heavy (non-hydrogen) atoms. The number of benzene rings is 1. The lowest BCUT2D eigenvalue weighted by Crippen LogP contribution is -2.03. The summed E-state index contributed by atoms with van der Waals surface area (Å²) in [7, 11) is 4.78.